The molecule has 0 radical (unpaired) electrons. The number of nitrogens with zero attached hydrogens (tertiary/aromatic N) is 1. The van der Waals surface area contributed by atoms with Crippen LogP contribution in [0.15, 0.2) is 45.3 Å². The Morgan fingerprint density at radius 2 is 1.37 bits per heavy atom. The number of β-amino-alcohol motifs (C(OH)–C–C–N with tert-alkyl or cyclic N) is 1. The third-order valence-corrected chi connectivity index (χ3v) is 5.79. The number of aromatic nitrogens is 1. The molecule has 1 heterocycles. The van der Waals surface area contributed by atoms with Crippen LogP contribution >= 0.6 is 31.9 Å². The van der Waals surface area contributed by atoms with E-state index in [1.54, 1.807) is 0 Å². The van der Waals surface area contributed by atoms with Crippen LogP contribution < -0.4 is 5.32 Å². The van der Waals surface area contributed by atoms with Gasteiger partial charge in [-0.15, -0.1) is 0 Å². The van der Waals surface area contributed by atoms with Gasteiger partial charge in [-0.1, -0.05) is 31.9 Å². The normalized spacial score (nSPS) is 13.6. The van der Waals surface area contributed by atoms with Gasteiger partial charge in [0.2, 0.25) is 0 Å². The molecule has 6 nitrogen and oxygen atoms in total. The zero-order chi connectivity index (χ0) is 19.6. The van der Waals surface area contributed by atoms with Gasteiger partial charge >= 0.3 is 0 Å². The van der Waals surface area contributed by atoms with Crippen LogP contribution in [0, 0.1) is 0 Å². The van der Waals surface area contributed by atoms with Crippen molar-refractivity contribution >= 4 is 53.7 Å². The summed E-state index contributed by atoms with van der Waals surface area (Å²) in [5.41, 5.74) is 0.795. The van der Waals surface area contributed by atoms with Crippen LogP contribution in [-0.4, -0.2) is 63.0 Å². The van der Waals surface area contributed by atoms with E-state index in [1.807, 2.05) is 24.3 Å². The third-order valence-electron chi connectivity index (χ3n) is 4.80. The summed E-state index contributed by atoms with van der Waals surface area (Å²) in [6.45, 7) is -0.830. The van der Waals surface area contributed by atoms with E-state index in [9.17, 15) is 20.4 Å². The lowest BCUT2D eigenvalue weighted by Crippen LogP contribution is -2.56. The van der Waals surface area contributed by atoms with Crippen LogP contribution in [0.5, 0.6) is 0 Å². The highest BCUT2D eigenvalue weighted by Gasteiger charge is 2.28. The molecule has 146 valence electrons. The number of hydrogen-bond acceptors (Lipinski definition) is 5. The Bertz CT molecular complexity index is 873. The van der Waals surface area contributed by atoms with Gasteiger partial charge in [0, 0.05) is 37.3 Å². The van der Waals surface area contributed by atoms with Crippen molar-refractivity contribution in [1.29, 1.82) is 0 Å². The number of fused-ring (bicyclic) bond motifs is 3. The van der Waals surface area contributed by atoms with Crippen molar-refractivity contribution in [1.82, 2.24) is 9.88 Å². The largest absolute Gasteiger partial charge is 0.394 e. The Kier molecular flexibility index (Phi) is 6.58. The second kappa shape index (κ2) is 8.57. The van der Waals surface area contributed by atoms with Gasteiger partial charge < -0.3 is 30.3 Å². The number of rotatable bonds is 8. The van der Waals surface area contributed by atoms with Crippen LogP contribution in [0.3, 0.4) is 0 Å². The summed E-state index contributed by atoms with van der Waals surface area (Å²) < 4.78 is 4.01. The molecule has 0 amide bonds. The highest BCUT2D eigenvalue weighted by molar-refractivity contribution is 9.10. The molecule has 3 rings (SSSR count). The van der Waals surface area contributed by atoms with E-state index < -0.39 is 31.5 Å². The molecule has 0 aliphatic rings. The second-order valence-electron chi connectivity index (χ2n) is 6.72. The van der Waals surface area contributed by atoms with Crippen molar-refractivity contribution in [3.05, 3.63) is 45.3 Å². The first-order chi connectivity index (χ1) is 12.9. The van der Waals surface area contributed by atoms with Gasteiger partial charge in [0.05, 0.1) is 38.0 Å². The maximum Gasteiger partial charge on any atom is 0.0882 e. The molecule has 0 saturated carbocycles. The number of halogens is 2. The molecule has 0 spiro atoms. The molecule has 0 unspecified atom stereocenters. The molecule has 1 aromatic heterocycles. The van der Waals surface area contributed by atoms with Crippen molar-refractivity contribution < 1.29 is 20.4 Å². The van der Waals surface area contributed by atoms with Crippen LogP contribution in [-0.2, 0) is 6.54 Å². The summed E-state index contributed by atoms with van der Waals surface area (Å²) in [5, 5.41) is 43.8. The fourth-order valence-corrected chi connectivity index (χ4v) is 3.89. The first-order valence-electron chi connectivity index (χ1n) is 8.56. The topological polar surface area (TPSA) is 97.9 Å². The lowest BCUT2D eigenvalue weighted by molar-refractivity contribution is 0.0308. The minimum Gasteiger partial charge on any atom is -0.394 e. The number of nitrogens with one attached hydrogen (secondary N) is 1. The predicted octanol–water partition coefficient (Wildman–Crippen LogP) is 1.99. The average Bonchev–Trinajstić information content (AvgIpc) is 2.96. The summed E-state index contributed by atoms with van der Waals surface area (Å²) in [4.78, 5) is 0. The number of aliphatic hydroxyl groups is 4. The molecule has 0 aliphatic heterocycles. The second-order valence-corrected chi connectivity index (χ2v) is 8.55. The van der Waals surface area contributed by atoms with E-state index in [0.717, 1.165) is 30.8 Å². The van der Waals surface area contributed by atoms with Gasteiger partial charge in [-0.25, -0.2) is 0 Å². The molecular formula is C19H22Br2N2O4. The van der Waals surface area contributed by atoms with Gasteiger partial charge in [0.25, 0.3) is 0 Å². The molecule has 27 heavy (non-hydrogen) atoms. The highest BCUT2D eigenvalue weighted by atomic mass is 79.9. The summed E-state index contributed by atoms with van der Waals surface area (Å²) in [6.07, 6.45) is -0.778. The monoisotopic (exact) mass is 500 g/mol. The van der Waals surface area contributed by atoms with Gasteiger partial charge in [0.15, 0.2) is 0 Å². The SMILES string of the molecule is OCC(CO)(CO)NC[C@H](O)Cn1c2ccc(Br)cc2c2cc(Br)ccc21. The molecule has 1 atom stereocenters. The minimum atomic E-state index is -1.21. The maximum absolute atomic E-state index is 10.6. The predicted molar refractivity (Wildman–Crippen MR) is 113 cm³/mol. The zero-order valence-corrected chi connectivity index (χ0v) is 17.7. The Morgan fingerprint density at radius 3 is 1.81 bits per heavy atom. The molecule has 0 bridgehead atoms. The van der Waals surface area contributed by atoms with Gasteiger partial charge in [-0.2, -0.15) is 0 Å². The standard InChI is InChI=1S/C19H22Br2N2O4/c20-12-1-3-17-15(5-12)16-6-13(21)2-4-18(16)23(17)8-14(27)7-22-19(9-24,10-25)11-26/h1-6,14,22,24-27H,7-11H2/t14-/m0/s1. The van der Waals surface area contributed by atoms with Crippen LogP contribution in [0.1, 0.15) is 0 Å². The fourth-order valence-electron chi connectivity index (χ4n) is 3.17. The van der Waals surface area contributed by atoms with E-state index in [-0.39, 0.29) is 6.54 Å². The zero-order valence-electron chi connectivity index (χ0n) is 14.6. The first kappa shape index (κ1) is 20.7. The van der Waals surface area contributed by atoms with E-state index in [1.165, 1.54) is 0 Å². The van der Waals surface area contributed by atoms with E-state index in [2.05, 4.69) is 53.9 Å². The minimum absolute atomic E-state index is 0.121. The number of benzene rings is 2. The van der Waals surface area contributed by atoms with Crippen molar-refractivity contribution in [3.63, 3.8) is 0 Å². The van der Waals surface area contributed by atoms with Crippen molar-refractivity contribution in [2.45, 2.75) is 18.2 Å². The molecular weight excluding hydrogens is 480 g/mol. The Labute approximate surface area is 173 Å². The quantitative estimate of drug-likeness (QED) is 0.325. The van der Waals surface area contributed by atoms with Crippen LogP contribution in [0.25, 0.3) is 21.8 Å². The Balaban J connectivity index is 1.92. The summed E-state index contributed by atoms with van der Waals surface area (Å²) in [5.74, 6) is 0. The van der Waals surface area contributed by atoms with Gasteiger partial charge in [0.1, 0.15) is 0 Å². The number of aliphatic hydroxyl groups excluding tert-OH is 4. The molecule has 2 aromatic carbocycles. The first-order valence-corrected chi connectivity index (χ1v) is 10.1. The van der Waals surface area contributed by atoms with Crippen molar-refractivity contribution in [2.75, 3.05) is 26.4 Å². The van der Waals surface area contributed by atoms with Gasteiger partial charge in [-0.3, -0.25) is 0 Å². The number of hydrogen-bond donors (Lipinski definition) is 5. The van der Waals surface area contributed by atoms with Crippen LogP contribution in [0.2, 0.25) is 0 Å². The van der Waals surface area contributed by atoms with Crippen molar-refractivity contribution in [3.8, 4) is 0 Å². The Morgan fingerprint density at radius 1 is 0.889 bits per heavy atom. The molecule has 0 fully saturated rings. The highest BCUT2D eigenvalue weighted by Crippen LogP contribution is 2.33. The summed E-state index contributed by atoms with van der Waals surface area (Å²) >= 11 is 7.03. The summed E-state index contributed by atoms with van der Waals surface area (Å²) in [6, 6.07) is 12.1. The molecule has 5 N–H and O–H groups in total. The molecule has 8 heteroatoms. The molecule has 3 aromatic rings. The third kappa shape index (κ3) is 4.22. The van der Waals surface area contributed by atoms with E-state index >= 15 is 0 Å². The smallest absolute Gasteiger partial charge is 0.0882 e. The van der Waals surface area contributed by atoms with Gasteiger partial charge in [-0.05, 0) is 36.4 Å². The average molecular weight is 502 g/mol. The lowest BCUT2D eigenvalue weighted by Gasteiger charge is -2.30. The fraction of sp³-hybridized carbons (Fsp3) is 0.368. The van der Waals surface area contributed by atoms with Crippen LogP contribution in [0.4, 0.5) is 0 Å². The molecule has 0 aliphatic carbocycles. The lowest BCUT2D eigenvalue weighted by atomic mass is 10.0. The molecule has 0 saturated heterocycles. The summed E-state index contributed by atoms with van der Waals surface area (Å²) in [7, 11) is 0. The Hall–Kier alpha value is -1.00. The van der Waals surface area contributed by atoms with E-state index in [0.29, 0.717) is 6.54 Å². The maximum atomic E-state index is 10.6. The van der Waals surface area contributed by atoms with Crippen molar-refractivity contribution in [2.24, 2.45) is 0 Å². The van der Waals surface area contributed by atoms with E-state index in [4.69, 9.17) is 0 Å².